The Hall–Kier alpha value is -0.870. The number of ketones is 1. The number of hydrogen-bond donors (Lipinski definition) is 0. The summed E-state index contributed by atoms with van der Waals surface area (Å²) >= 11 is 5.74. The molecule has 0 saturated heterocycles. The van der Waals surface area contributed by atoms with Gasteiger partial charge < -0.3 is 0 Å². The Morgan fingerprint density at radius 3 is 2.47 bits per heavy atom. The highest BCUT2D eigenvalue weighted by molar-refractivity contribution is 7.90. The average molecular weight is 247 g/mol. The molecule has 0 aliphatic carbocycles. The van der Waals surface area contributed by atoms with Crippen LogP contribution < -0.4 is 0 Å². The van der Waals surface area contributed by atoms with Crippen LogP contribution in [0.25, 0.3) is 0 Å². The molecule has 1 rings (SSSR count). The molecule has 0 radical (unpaired) electrons. The summed E-state index contributed by atoms with van der Waals surface area (Å²) in [7, 11) is -3.31. The van der Waals surface area contributed by atoms with Crippen molar-refractivity contribution in [2.75, 3.05) is 6.26 Å². The van der Waals surface area contributed by atoms with E-state index >= 15 is 0 Å². The maximum atomic E-state index is 11.4. The van der Waals surface area contributed by atoms with Gasteiger partial charge in [0.15, 0.2) is 9.84 Å². The number of halogens is 1. The van der Waals surface area contributed by atoms with E-state index in [4.69, 9.17) is 11.6 Å². The molecule has 15 heavy (non-hydrogen) atoms. The lowest BCUT2D eigenvalue weighted by atomic mass is 10.1. The first kappa shape index (κ1) is 12.2. The minimum absolute atomic E-state index is 0.0863. The van der Waals surface area contributed by atoms with Crippen molar-refractivity contribution in [3.63, 3.8) is 0 Å². The Morgan fingerprint density at radius 2 is 2.00 bits per heavy atom. The highest BCUT2D eigenvalue weighted by atomic mass is 35.5. The van der Waals surface area contributed by atoms with Crippen molar-refractivity contribution in [1.29, 1.82) is 0 Å². The number of Topliss-reactive ketones (excluding diaryl/α,β-unsaturated/α-hetero) is 1. The predicted octanol–water partition coefficient (Wildman–Crippen LogP) is 1.88. The van der Waals surface area contributed by atoms with Gasteiger partial charge in [-0.3, -0.25) is 4.79 Å². The van der Waals surface area contributed by atoms with E-state index in [1.807, 2.05) is 0 Å². The molecule has 0 fully saturated rings. The van der Waals surface area contributed by atoms with E-state index in [1.165, 1.54) is 25.1 Å². The standard InChI is InChI=1S/C10H11ClO3S/c1-7(12)5-8-6-9(11)3-4-10(8)15(2,13)14/h3-4,6H,5H2,1-2H3. The maximum absolute atomic E-state index is 11.4. The summed E-state index contributed by atoms with van der Waals surface area (Å²) < 4.78 is 22.8. The molecule has 0 aromatic heterocycles. The quantitative estimate of drug-likeness (QED) is 0.818. The Balaban J connectivity index is 3.33. The van der Waals surface area contributed by atoms with Gasteiger partial charge >= 0.3 is 0 Å². The molecule has 82 valence electrons. The molecule has 0 aliphatic heterocycles. The third kappa shape index (κ3) is 3.32. The van der Waals surface area contributed by atoms with Crippen LogP contribution in [0.2, 0.25) is 5.02 Å². The molecule has 0 unspecified atom stereocenters. The number of carbonyl (C=O) groups excluding carboxylic acids is 1. The first-order chi connectivity index (χ1) is 6.80. The summed E-state index contributed by atoms with van der Waals surface area (Å²) in [6.07, 6.45) is 1.20. The molecule has 0 amide bonds. The maximum Gasteiger partial charge on any atom is 0.175 e. The van der Waals surface area contributed by atoms with Crippen molar-refractivity contribution >= 4 is 27.2 Å². The zero-order valence-corrected chi connectivity index (χ0v) is 10.0. The van der Waals surface area contributed by atoms with Crippen LogP contribution in [-0.4, -0.2) is 20.5 Å². The first-order valence-corrected chi connectivity index (χ1v) is 6.55. The van der Waals surface area contributed by atoms with Gasteiger partial charge in [0, 0.05) is 17.7 Å². The van der Waals surface area contributed by atoms with Crippen molar-refractivity contribution in [2.45, 2.75) is 18.2 Å². The zero-order chi connectivity index (χ0) is 11.6. The third-order valence-corrected chi connectivity index (χ3v) is 3.29. The van der Waals surface area contributed by atoms with E-state index in [9.17, 15) is 13.2 Å². The minimum Gasteiger partial charge on any atom is -0.300 e. The lowest BCUT2D eigenvalue weighted by Crippen LogP contribution is -2.06. The topological polar surface area (TPSA) is 51.2 Å². The van der Waals surface area contributed by atoms with Crippen LogP contribution in [0.1, 0.15) is 12.5 Å². The second-order valence-electron chi connectivity index (χ2n) is 3.40. The van der Waals surface area contributed by atoms with Gasteiger partial charge in [-0.15, -0.1) is 0 Å². The molecule has 0 aliphatic rings. The summed E-state index contributed by atoms with van der Waals surface area (Å²) in [4.78, 5) is 11.1. The van der Waals surface area contributed by atoms with Gasteiger partial charge in [0.25, 0.3) is 0 Å². The fraction of sp³-hybridized carbons (Fsp3) is 0.300. The molecular formula is C10H11ClO3S. The van der Waals surface area contributed by atoms with Gasteiger partial charge in [0.1, 0.15) is 5.78 Å². The van der Waals surface area contributed by atoms with Crippen LogP contribution in [0, 0.1) is 0 Å². The van der Waals surface area contributed by atoms with Gasteiger partial charge in [-0.25, -0.2) is 8.42 Å². The van der Waals surface area contributed by atoms with Gasteiger partial charge in [0.05, 0.1) is 4.90 Å². The Morgan fingerprint density at radius 1 is 1.40 bits per heavy atom. The first-order valence-electron chi connectivity index (χ1n) is 4.28. The van der Waals surface area contributed by atoms with E-state index in [2.05, 4.69) is 0 Å². The summed E-state index contributed by atoms with van der Waals surface area (Å²) in [5.74, 6) is -0.0952. The van der Waals surface area contributed by atoms with Crippen molar-refractivity contribution in [3.8, 4) is 0 Å². The van der Waals surface area contributed by atoms with Crippen LogP contribution in [-0.2, 0) is 21.1 Å². The molecule has 1 aromatic rings. The largest absolute Gasteiger partial charge is 0.300 e. The predicted molar refractivity (Wildman–Crippen MR) is 58.9 cm³/mol. The second-order valence-corrected chi connectivity index (χ2v) is 5.82. The molecule has 0 bridgehead atoms. The number of rotatable bonds is 3. The van der Waals surface area contributed by atoms with Gasteiger partial charge in [-0.05, 0) is 30.7 Å². The molecule has 5 heteroatoms. The molecule has 0 heterocycles. The minimum atomic E-state index is -3.31. The van der Waals surface area contributed by atoms with E-state index in [0.717, 1.165) is 6.26 Å². The van der Waals surface area contributed by atoms with Gasteiger partial charge in [-0.2, -0.15) is 0 Å². The molecule has 3 nitrogen and oxygen atoms in total. The van der Waals surface area contributed by atoms with Crippen molar-refractivity contribution in [2.24, 2.45) is 0 Å². The van der Waals surface area contributed by atoms with Crippen LogP contribution in [0.15, 0.2) is 23.1 Å². The van der Waals surface area contributed by atoms with Crippen LogP contribution in [0.5, 0.6) is 0 Å². The summed E-state index contributed by atoms with van der Waals surface area (Å²) in [5.41, 5.74) is 0.456. The smallest absolute Gasteiger partial charge is 0.175 e. The SMILES string of the molecule is CC(=O)Cc1cc(Cl)ccc1S(C)(=O)=O. The summed E-state index contributed by atoms with van der Waals surface area (Å²) in [6, 6.07) is 4.44. The Kier molecular flexibility index (Phi) is 3.52. The molecule has 0 spiro atoms. The number of hydrogen-bond acceptors (Lipinski definition) is 3. The van der Waals surface area contributed by atoms with Crippen LogP contribution in [0.4, 0.5) is 0 Å². The van der Waals surface area contributed by atoms with Crippen LogP contribution in [0.3, 0.4) is 0 Å². The van der Waals surface area contributed by atoms with Crippen molar-refractivity contribution in [3.05, 3.63) is 28.8 Å². The Bertz CT molecular complexity index is 491. The zero-order valence-electron chi connectivity index (χ0n) is 8.45. The highest BCUT2D eigenvalue weighted by Crippen LogP contribution is 2.21. The number of sulfone groups is 1. The van der Waals surface area contributed by atoms with Gasteiger partial charge in [-0.1, -0.05) is 11.6 Å². The molecule has 1 aromatic carbocycles. The highest BCUT2D eigenvalue weighted by Gasteiger charge is 2.14. The van der Waals surface area contributed by atoms with E-state index in [-0.39, 0.29) is 17.1 Å². The molecular weight excluding hydrogens is 236 g/mol. The summed E-state index contributed by atoms with van der Waals surface area (Å²) in [5, 5.41) is 0.429. The van der Waals surface area contributed by atoms with E-state index in [0.29, 0.717) is 10.6 Å². The lowest BCUT2D eigenvalue weighted by Gasteiger charge is -2.06. The Labute approximate surface area is 94.0 Å². The fourth-order valence-electron chi connectivity index (χ4n) is 1.32. The normalized spacial score (nSPS) is 11.4. The van der Waals surface area contributed by atoms with Gasteiger partial charge in [0.2, 0.25) is 0 Å². The molecule has 0 atom stereocenters. The van der Waals surface area contributed by atoms with Crippen molar-refractivity contribution < 1.29 is 13.2 Å². The van der Waals surface area contributed by atoms with Crippen LogP contribution >= 0.6 is 11.6 Å². The molecule has 0 N–H and O–H groups in total. The molecule has 0 saturated carbocycles. The lowest BCUT2D eigenvalue weighted by molar-refractivity contribution is -0.116. The monoisotopic (exact) mass is 246 g/mol. The van der Waals surface area contributed by atoms with E-state index < -0.39 is 9.84 Å². The van der Waals surface area contributed by atoms with E-state index in [1.54, 1.807) is 0 Å². The number of benzene rings is 1. The summed E-state index contributed by atoms with van der Waals surface area (Å²) in [6.45, 7) is 1.41. The third-order valence-electron chi connectivity index (χ3n) is 1.86. The fourth-order valence-corrected chi connectivity index (χ4v) is 2.43. The second kappa shape index (κ2) is 4.33. The number of carbonyl (C=O) groups is 1. The van der Waals surface area contributed by atoms with Crippen molar-refractivity contribution in [1.82, 2.24) is 0 Å². The average Bonchev–Trinajstić information content (AvgIpc) is 1.99.